The topological polar surface area (TPSA) is 60.2 Å². The average molecular weight is 1230 g/mol. The zero-order chi connectivity index (χ0) is 56.7. The summed E-state index contributed by atoms with van der Waals surface area (Å²) in [7, 11) is 0. The number of hydrogen-bond donors (Lipinski definition) is 1. The monoisotopic (exact) mass is 1230 g/mol. The molecular weight excluding hydrogens is 1160 g/mol. The van der Waals surface area contributed by atoms with Crippen molar-refractivity contribution in [3.63, 3.8) is 0 Å². The second-order valence-electron chi connectivity index (χ2n) is 26.4. The van der Waals surface area contributed by atoms with E-state index in [-0.39, 0.29) is 54.9 Å². The van der Waals surface area contributed by atoms with Crippen LogP contribution in [0.2, 0.25) is 0 Å². The molecule has 0 saturated carbocycles. The van der Waals surface area contributed by atoms with Gasteiger partial charge in [-0.3, -0.25) is 9.55 Å². The zero-order valence-electron chi connectivity index (χ0n) is 49.6. The number of imidazole rings is 2. The van der Waals surface area contributed by atoms with E-state index in [2.05, 4.69) is 270 Å². The number of phenolic OH excluding ortho intramolecular Hbond substituents is 1. The number of benzene rings is 8. The first-order chi connectivity index (χ1) is 37.2. The van der Waals surface area contributed by atoms with Crippen LogP contribution in [0.3, 0.4) is 0 Å². The van der Waals surface area contributed by atoms with Gasteiger partial charge in [-0.05, 0) is 121 Å². The Hall–Kier alpha value is -7.32. The number of phenols is 1. The predicted octanol–water partition coefficient (Wildman–Crippen LogP) is 20.2. The molecule has 0 fully saturated rings. The predicted molar refractivity (Wildman–Crippen MR) is 333 cm³/mol. The fourth-order valence-corrected chi connectivity index (χ4v) is 11.0. The van der Waals surface area contributed by atoms with Gasteiger partial charge in [-0.1, -0.05) is 213 Å². The number of rotatable bonds is 9. The number of nitrogens with zero attached hydrogens (tertiary/aromatic N) is 5. The van der Waals surface area contributed by atoms with Crippen LogP contribution in [0, 0.1) is 12.6 Å². The Morgan fingerprint density at radius 1 is 0.487 bits per heavy atom. The molecule has 0 radical (unpaired) electrons. The molecule has 0 aliphatic carbocycles. The van der Waals surface area contributed by atoms with E-state index in [9.17, 15) is 5.11 Å². The van der Waals surface area contributed by atoms with Crippen LogP contribution in [0.1, 0.15) is 156 Å². The smallest absolute Gasteiger partial charge is 0.182 e. The number of hydrogen-bond acceptors (Lipinski definition) is 3. The Kier molecular flexibility index (Phi) is 15.3. The van der Waals surface area contributed by atoms with Gasteiger partial charge in [0.15, 0.2) is 5.69 Å². The maximum atomic E-state index is 12.9. The van der Waals surface area contributed by atoms with Crippen molar-refractivity contribution in [1.82, 2.24) is 19.1 Å². The molecule has 0 aliphatic heterocycles. The maximum Gasteiger partial charge on any atom is 0.182 e. The molecule has 0 atom stereocenters. The second kappa shape index (κ2) is 21.3. The Labute approximate surface area is 490 Å². The summed E-state index contributed by atoms with van der Waals surface area (Å²) in [4.78, 5) is 15.6. The van der Waals surface area contributed by atoms with Crippen molar-refractivity contribution in [2.24, 2.45) is 0 Å². The van der Waals surface area contributed by atoms with Gasteiger partial charge >= 0.3 is 0 Å². The van der Waals surface area contributed by atoms with Gasteiger partial charge in [0.2, 0.25) is 0 Å². The molecule has 0 amide bonds. The van der Waals surface area contributed by atoms with Gasteiger partial charge in [0.05, 0.1) is 45.7 Å². The normalized spacial score (nSPS) is 12.4. The molecular formula is C73H76N5OPt-. The summed E-state index contributed by atoms with van der Waals surface area (Å²) in [6, 6.07) is 57.9. The van der Waals surface area contributed by atoms with Crippen LogP contribution >= 0.6 is 0 Å². The molecule has 1 N–H and O–H groups in total. The molecule has 2 aromatic heterocycles. The summed E-state index contributed by atoms with van der Waals surface area (Å²) in [5.41, 5.74) is 19.0. The fraction of sp³-hybridized carbons (Fsp3) is 0.301. The Morgan fingerprint density at radius 2 is 1.04 bits per heavy atom. The van der Waals surface area contributed by atoms with E-state index in [4.69, 9.17) is 16.5 Å². The molecule has 10 rings (SSSR count). The molecule has 6 nitrogen and oxygen atoms in total. The molecule has 0 spiro atoms. The van der Waals surface area contributed by atoms with E-state index in [0.29, 0.717) is 22.6 Å². The first-order valence-corrected chi connectivity index (χ1v) is 28.0. The third kappa shape index (κ3) is 10.7. The van der Waals surface area contributed by atoms with E-state index >= 15 is 0 Å². The Balaban J connectivity index is 0.00000774. The van der Waals surface area contributed by atoms with Gasteiger partial charge in [0, 0.05) is 37.9 Å². The summed E-state index contributed by atoms with van der Waals surface area (Å²) < 4.78 is 4.59. The van der Waals surface area contributed by atoms with Crippen LogP contribution in [0.5, 0.6) is 5.75 Å². The van der Waals surface area contributed by atoms with Crippen molar-refractivity contribution in [1.29, 1.82) is 0 Å². The van der Waals surface area contributed by atoms with E-state index in [1.54, 1.807) is 0 Å². The standard InChI is InChI=1S/C73H76N5O.Pt/c1-44(2)55-37-48(46-26-20-18-21-27-46)38-56(45(3)4)66(55)78-64-43-54(74-17)42-58(65(64)76-69(78)59-40-53(72(11,12)13)41-60(67(59)79)73(14,15)16)49-34-50(36-52(35-49)71(8,9)10)68-75-61-30-24-25-31-63(61)77(68)62-33-32-51(70(5,6)7)39-57(62)47-28-22-19-23-29-47;/h18-33,35-45,79H,1-16H3;/q-1;. The summed E-state index contributed by atoms with van der Waals surface area (Å²) in [6.07, 6.45) is 0. The largest absolute Gasteiger partial charge is 0.507 e. The summed E-state index contributed by atoms with van der Waals surface area (Å²) in [5.74, 6) is 1.77. The van der Waals surface area contributed by atoms with Crippen molar-refractivity contribution in [2.75, 3.05) is 0 Å². The van der Waals surface area contributed by atoms with Crippen LogP contribution in [0.15, 0.2) is 152 Å². The van der Waals surface area contributed by atoms with E-state index in [1.807, 2.05) is 12.1 Å². The average Bonchev–Trinajstić information content (AvgIpc) is 4.00. The van der Waals surface area contributed by atoms with Crippen molar-refractivity contribution in [2.45, 2.75) is 144 Å². The summed E-state index contributed by atoms with van der Waals surface area (Å²) in [5, 5.41) is 12.9. The molecule has 2 heterocycles. The molecule has 80 heavy (non-hydrogen) atoms. The van der Waals surface area contributed by atoms with Crippen molar-refractivity contribution in [3.8, 4) is 73.3 Å². The molecule has 8 aromatic carbocycles. The van der Waals surface area contributed by atoms with Gasteiger partial charge in [-0.15, -0.1) is 29.3 Å². The maximum absolute atomic E-state index is 12.9. The number of para-hydroxylation sites is 2. The van der Waals surface area contributed by atoms with Crippen molar-refractivity contribution < 1.29 is 26.2 Å². The third-order valence-corrected chi connectivity index (χ3v) is 15.7. The van der Waals surface area contributed by atoms with E-state index in [0.717, 1.165) is 101 Å². The molecule has 7 heteroatoms. The number of aromatic hydroxyl groups is 1. The summed E-state index contributed by atoms with van der Waals surface area (Å²) >= 11 is 0. The minimum atomic E-state index is -0.394. The van der Waals surface area contributed by atoms with Crippen LogP contribution < -0.4 is 0 Å². The van der Waals surface area contributed by atoms with Crippen LogP contribution in [-0.2, 0) is 42.7 Å². The first-order valence-electron chi connectivity index (χ1n) is 28.0. The third-order valence-electron chi connectivity index (χ3n) is 15.7. The first kappa shape index (κ1) is 57.4. The van der Waals surface area contributed by atoms with Crippen LogP contribution in [0.25, 0.3) is 94.4 Å². The molecule has 0 aliphatic rings. The van der Waals surface area contributed by atoms with Gasteiger partial charge in [0.1, 0.15) is 11.6 Å². The summed E-state index contributed by atoms with van der Waals surface area (Å²) in [6.45, 7) is 44.5. The Bertz CT molecular complexity index is 3980. The van der Waals surface area contributed by atoms with Crippen LogP contribution in [-0.4, -0.2) is 24.2 Å². The molecule has 0 unspecified atom stereocenters. The molecule has 410 valence electrons. The molecule has 0 bridgehead atoms. The number of fused-ring (bicyclic) bond motifs is 2. The van der Waals surface area contributed by atoms with Gasteiger partial charge in [0.25, 0.3) is 0 Å². The molecule has 0 saturated heterocycles. The zero-order valence-corrected chi connectivity index (χ0v) is 51.9. The van der Waals surface area contributed by atoms with Crippen molar-refractivity contribution >= 4 is 27.8 Å². The van der Waals surface area contributed by atoms with Crippen LogP contribution in [0.4, 0.5) is 5.69 Å². The molecule has 10 aromatic rings. The van der Waals surface area contributed by atoms with Crippen molar-refractivity contribution in [3.05, 3.63) is 203 Å². The van der Waals surface area contributed by atoms with Gasteiger partial charge in [-0.25, -0.2) is 9.83 Å². The number of aromatic nitrogens is 4. The SMILES string of the molecule is [C-]#[N+]c1cc(-c2[c-]c(-c3nc4ccccc4n3-c3ccc(C(C)(C)C)cc3-c3ccccc3)cc(C(C)(C)C)c2)c2nc(-c3cc(C(C)(C)C)cc(C(C)(C)C)c3O)n(-c3c(C(C)C)cc(-c4ccccc4)cc3C(C)C)c2c1.[Pt]. The minimum Gasteiger partial charge on any atom is -0.507 e. The van der Waals surface area contributed by atoms with Gasteiger partial charge in [-0.2, -0.15) is 0 Å². The second-order valence-corrected chi connectivity index (χ2v) is 26.4. The van der Waals surface area contributed by atoms with E-state index < -0.39 is 5.41 Å². The van der Waals surface area contributed by atoms with E-state index in [1.165, 1.54) is 5.56 Å². The Morgan fingerprint density at radius 3 is 1.61 bits per heavy atom. The quantitative estimate of drug-likeness (QED) is 0.147. The fourth-order valence-electron chi connectivity index (χ4n) is 11.0. The van der Waals surface area contributed by atoms with Gasteiger partial charge < -0.3 is 9.67 Å². The minimum absolute atomic E-state index is 0.